The maximum atomic E-state index is 13.7. The second-order valence-electron chi connectivity index (χ2n) is 4.11. The summed E-state index contributed by atoms with van der Waals surface area (Å²) in [5.41, 5.74) is 5.37. The predicted molar refractivity (Wildman–Crippen MR) is 78.5 cm³/mol. The molecule has 0 atom stereocenters. The fraction of sp³-hybridized carbons (Fsp3) is 0.462. The summed E-state index contributed by atoms with van der Waals surface area (Å²) < 4.78 is 27.4. The summed E-state index contributed by atoms with van der Waals surface area (Å²) in [5.74, 6) is -1.94. The van der Waals surface area contributed by atoms with E-state index in [1.54, 1.807) is 0 Å². The first-order valence-electron chi connectivity index (χ1n) is 6.25. The van der Waals surface area contributed by atoms with E-state index in [1.165, 1.54) is 12.1 Å². The molecule has 1 aromatic rings. The lowest BCUT2D eigenvalue weighted by molar-refractivity contribution is 0.316. The number of halogens is 2. The van der Waals surface area contributed by atoms with Gasteiger partial charge in [0.15, 0.2) is 11.6 Å². The molecular weight excluding hydrogens is 268 g/mol. The highest BCUT2D eigenvalue weighted by Gasteiger charge is 2.14. The monoisotopic (exact) mass is 287 g/mol. The minimum absolute atomic E-state index is 0.0678. The standard InChI is InChI=1S/C13H19F2N3S/c1-3-18(4-2)8-7-17-10-6-5-9(13(16)19)11(14)12(10)15/h5-6,17H,3-4,7-8H2,1-2H3,(H2,16,19). The van der Waals surface area contributed by atoms with Crippen LogP contribution in [0.5, 0.6) is 0 Å². The second kappa shape index (κ2) is 7.35. The Morgan fingerprint density at radius 3 is 2.42 bits per heavy atom. The molecule has 0 unspecified atom stereocenters. The summed E-state index contributed by atoms with van der Waals surface area (Å²) in [4.78, 5) is 2.04. The molecule has 19 heavy (non-hydrogen) atoms. The zero-order valence-corrected chi connectivity index (χ0v) is 12.0. The molecule has 0 aromatic heterocycles. The molecule has 0 aliphatic rings. The van der Waals surface area contributed by atoms with Gasteiger partial charge in [-0.2, -0.15) is 0 Å². The van der Waals surface area contributed by atoms with Gasteiger partial charge in [0.05, 0.1) is 5.69 Å². The Morgan fingerprint density at radius 1 is 1.26 bits per heavy atom. The fourth-order valence-corrected chi connectivity index (χ4v) is 1.92. The first-order valence-corrected chi connectivity index (χ1v) is 6.66. The van der Waals surface area contributed by atoms with E-state index in [0.717, 1.165) is 19.6 Å². The smallest absolute Gasteiger partial charge is 0.182 e. The van der Waals surface area contributed by atoms with Gasteiger partial charge in [0.25, 0.3) is 0 Å². The number of likely N-dealkylation sites (N-methyl/N-ethyl adjacent to an activating group) is 1. The maximum absolute atomic E-state index is 13.7. The van der Waals surface area contributed by atoms with E-state index in [1.807, 2.05) is 0 Å². The molecule has 0 saturated heterocycles. The molecule has 3 N–H and O–H groups in total. The molecule has 106 valence electrons. The van der Waals surface area contributed by atoms with Crippen molar-refractivity contribution in [2.45, 2.75) is 13.8 Å². The molecule has 0 radical (unpaired) electrons. The average Bonchev–Trinajstić information content (AvgIpc) is 2.39. The van der Waals surface area contributed by atoms with Gasteiger partial charge in [-0.1, -0.05) is 26.1 Å². The van der Waals surface area contributed by atoms with Crippen LogP contribution in [0.15, 0.2) is 12.1 Å². The maximum Gasteiger partial charge on any atom is 0.182 e. The van der Waals surface area contributed by atoms with E-state index in [-0.39, 0.29) is 16.2 Å². The van der Waals surface area contributed by atoms with Gasteiger partial charge in [0.1, 0.15) is 4.99 Å². The molecule has 6 heteroatoms. The molecule has 0 aliphatic carbocycles. The highest BCUT2D eigenvalue weighted by atomic mass is 32.1. The van der Waals surface area contributed by atoms with Crippen LogP contribution in [0.25, 0.3) is 0 Å². The molecule has 0 aliphatic heterocycles. The normalized spacial score (nSPS) is 10.8. The summed E-state index contributed by atoms with van der Waals surface area (Å²) in [7, 11) is 0. The van der Waals surface area contributed by atoms with Crippen LogP contribution in [0.3, 0.4) is 0 Å². The molecule has 1 aromatic carbocycles. The number of rotatable bonds is 7. The van der Waals surface area contributed by atoms with Crippen molar-refractivity contribution in [1.29, 1.82) is 0 Å². The van der Waals surface area contributed by atoms with Gasteiger partial charge in [0.2, 0.25) is 0 Å². The van der Waals surface area contributed by atoms with Gasteiger partial charge in [-0.15, -0.1) is 0 Å². The van der Waals surface area contributed by atoms with Crippen molar-refractivity contribution in [1.82, 2.24) is 4.90 Å². The van der Waals surface area contributed by atoms with Crippen LogP contribution in [0, 0.1) is 11.6 Å². The number of benzene rings is 1. The molecule has 1 rings (SSSR count). The van der Waals surface area contributed by atoms with Crippen molar-refractivity contribution in [3.63, 3.8) is 0 Å². The molecule has 0 saturated carbocycles. The first kappa shape index (κ1) is 15.8. The lowest BCUT2D eigenvalue weighted by Gasteiger charge is -2.18. The van der Waals surface area contributed by atoms with Crippen molar-refractivity contribution in [3.05, 3.63) is 29.3 Å². The van der Waals surface area contributed by atoms with Gasteiger partial charge in [-0.3, -0.25) is 0 Å². The number of nitrogens with zero attached hydrogens (tertiary/aromatic N) is 1. The molecule has 0 spiro atoms. The van der Waals surface area contributed by atoms with Crippen LogP contribution in [0.2, 0.25) is 0 Å². The number of hydrogen-bond donors (Lipinski definition) is 2. The zero-order valence-electron chi connectivity index (χ0n) is 11.2. The zero-order chi connectivity index (χ0) is 14.4. The number of nitrogens with one attached hydrogen (secondary N) is 1. The van der Waals surface area contributed by atoms with Crippen LogP contribution in [0.1, 0.15) is 19.4 Å². The van der Waals surface area contributed by atoms with Crippen molar-refractivity contribution >= 4 is 22.9 Å². The summed E-state index contributed by atoms with van der Waals surface area (Å²) in [5, 5.41) is 2.88. The lowest BCUT2D eigenvalue weighted by Crippen LogP contribution is -2.28. The van der Waals surface area contributed by atoms with Gasteiger partial charge >= 0.3 is 0 Å². The van der Waals surface area contributed by atoms with Crippen LogP contribution in [-0.2, 0) is 0 Å². The van der Waals surface area contributed by atoms with Gasteiger partial charge in [0, 0.05) is 18.7 Å². The Labute approximate surface area is 117 Å². The highest BCUT2D eigenvalue weighted by Crippen LogP contribution is 2.20. The van der Waals surface area contributed by atoms with Crippen LogP contribution in [-0.4, -0.2) is 36.1 Å². The van der Waals surface area contributed by atoms with Crippen molar-refractivity contribution in [2.75, 3.05) is 31.5 Å². The molecule has 0 heterocycles. The SMILES string of the molecule is CCN(CC)CCNc1ccc(C(N)=S)c(F)c1F. The first-order chi connectivity index (χ1) is 9.01. The van der Waals surface area contributed by atoms with Crippen LogP contribution < -0.4 is 11.1 Å². The molecule has 0 fully saturated rings. The van der Waals surface area contributed by atoms with E-state index in [9.17, 15) is 8.78 Å². The number of anilines is 1. The molecule has 3 nitrogen and oxygen atoms in total. The summed E-state index contributed by atoms with van der Waals surface area (Å²) in [6, 6.07) is 2.84. The topological polar surface area (TPSA) is 41.3 Å². The highest BCUT2D eigenvalue weighted by molar-refractivity contribution is 7.80. The van der Waals surface area contributed by atoms with Crippen LogP contribution in [0.4, 0.5) is 14.5 Å². The average molecular weight is 287 g/mol. The number of hydrogen-bond acceptors (Lipinski definition) is 3. The number of nitrogens with two attached hydrogens (primary N) is 1. The van der Waals surface area contributed by atoms with E-state index < -0.39 is 11.6 Å². The van der Waals surface area contributed by atoms with Crippen molar-refractivity contribution in [2.24, 2.45) is 5.73 Å². The second-order valence-corrected chi connectivity index (χ2v) is 4.55. The third kappa shape index (κ3) is 4.11. The Hall–Kier alpha value is -1.27. The Kier molecular flexibility index (Phi) is 6.11. The third-order valence-electron chi connectivity index (χ3n) is 2.99. The Balaban J connectivity index is 2.70. The summed E-state index contributed by atoms with van der Waals surface area (Å²) in [6.07, 6.45) is 0. The van der Waals surface area contributed by atoms with E-state index in [0.29, 0.717) is 6.54 Å². The summed E-state index contributed by atoms with van der Waals surface area (Å²) >= 11 is 4.65. The van der Waals surface area contributed by atoms with E-state index >= 15 is 0 Å². The minimum Gasteiger partial charge on any atom is -0.389 e. The Morgan fingerprint density at radius 2 is 1.89 bits per heavy atom. The lowest BCUT2D eigenvalue weighted by atomic mass is 10.2. The van der Waals surface area contributed by atoms with Crippen molar-refractivity contribution in [3.8, 4) is 0 Å². The van der Waals surface area contributed by atoms with Gasteiger partial charge in [-0.05, 0) is 25.2 Å². The fourth-order valence-electron chi connectivity index (χ4n) is 1.76. The largest absolute Gasteiger partial charge is 0.389 e. The predicted octanol–water partition coefficient (Wildman–Crippen LogP) is 2.35. The molecule has 0 bridgehead atoms. The number of thiocarbonyl (C=S) groups is 1. The van der Waals surface area contributed by atoms with Crippen LogP contribution >= 0.6 is 12.2 Å². The third-order valence-corrected chi connectivity index (χ3v) is 3.21. The molecular formula is C13H19F2N3S. The quantitative estimate of drug-likeness (QED) is 0.755. The van der Waals surface area contributed by atoms with Gasteiger partial charge in [-0.25, -0.2) is 8.78 Å². The minimum atomic E-state index is -1.000. The van der Waals surface area contributed by atoms with E-state index in [4.69, 9.17) is 5.73 Å². The Bertz CT molecular complexity index is 448. The van der Waals surface area contributed by atoms with Crippen molar-refractivity contribution < 1.29 is 8.78 Å². The summed E-state index contributed by atoms with van der Waals surface area (Å²) in [6.45, 7) is 7.28. The molecule has 0 amide bonds. The van der Waals surface area contributed by atoms with E-state index in [2.05, 4.69) is 36.3 Å². The van der Waals surface area contributed by atoms with Gasteiger partial charge < -0.3 is 16.0 Å².